The SMILES string of the molecule is CCC1CCCCC1NS(=O)(=O)c1ccc(CBr)cc1. The molecule has 1 N–H and O–H groups in total. The van der Waals surface area contributed by atoms with Gasteiger partial charge in [-0.15, -0.1) is 0 Å². The van der Waals surface area contributed by atoms with Crippen molar-refractivity contribution in [1.82, 2.24) is 4.72 Å². The monoisotopic (exact) mass is 359 g/mol. The maximum Gasteiger partial charge on any atom is 0.240 e. The van der Waals surface area contributed by atoms with Crippen molar-refractivity contribution in [2.75, 3.05) is 0 Å². The highest BCUT2D eigenvalue weighted by Gasteiger charge is 2.28. The Morgan fingerprint density at radius 1 is 1.20 bits per heavy atom. The van der Waals surface area contributed by atoms with E-state index >= 15 is 0 Å². The van der Waals surface area contributed by atoms with Gasteiger partial charge in [0.2, 0.25) is 10.0 Å². The van der Waals surface area contributed by atoms with Gasteiger partial charge in [-0.25, -0.2) is 13.1 Å². The molecule has 20 heavy (non-hydrogen) atoms. The Hall–Kier alpha value is -0.390. The molecule has 0 amide bonds. The second-order valence-electron chi connectivity index (χ2n) is 5.46. The van der Waals surface area contributed by atoms with Crippen LogP contribution in [0.4, 0.5) is 0 Å². The zero-order valence-electron chi connectivity index (χ0n) is 11.8. The van der Waals surface area contributed by atoms with E-state index in [1.54, 1.807) is 12.1 Å². The first-order valence-electron chi connectivity index (χ1n) is 7.24. The average molecular weight is 360 g/mol. The summed E-state index contributed by atoms with van der Waals surface area (Å²) in [4.78, 5) is 0.364. The fraction of sp³-hybridized carbons (Fsp3) is 0.600. The summed E-state index contributed by atoms with van der Waals surface area (Å²) in [7, 11) is -3.39. The summed E-state index contributed by atoms with van der Waals surface area (Å²) in [6.07, 6.45) is 5.46. The van der Waals surface area contributed by atoms with E-state index in [0.717, 1.165) is 36.6 Å². The van der Waals surface area contributed by atoms with Gasteiger partial charge < -0.3 is 0 Å². The Morgan fingerprint density at radius 2 is 1.85 bits per heavy atom. The maximum atomic E-state index is 12.4. The average Bonchev–Trinajstić information content (AvgIpc) is 2.47. The molecule has 112 valence electrons. The second kappa shape index (κ2) is 7.05. The zero-order chi connectivity index (χ0) is 14.6. The van der Waals surface area contributed by atoms with E-state index in [2.05, 4.69) is 27.6 Å². The van der Waals surface area contributed by atoms with Crippen LogP contribution in [-0.2, 0) is 15.4 Å². The third-order valence-corrected chi connectivity index (χ3v) is 6.28. The van der Waals surface area contributed by atoms with Gasteiger partial charge in [-0.05, 0) is 36.5 Å². The Morgan fingerprint density at radius 3 is 2.45 bits per heavy atom. The smallest absolute Gasteiger partial charge is 0.208 e. The number of halogens is 1. The fourth-order valence-electron chi connectivity index (χ4n) is 2.88. The molecular weight excluding hydrogens is 338 g/mol. The van der Waals surface area contributed by atoms with Crippen LogP contribution >= 0.6 is 15.9 Å². The van der Waals surface area contributed by atoms with Crippen LogP contribution in [-0.4, -0.2) is 14.5 Å². The van der Waals surface area contributed by atoms with Crippen LogP contribution in [0.15, 0.2) is 29.2 Å². The lowest BCUT2D eigenvalue weighted by atomic mass is 9.83. The minimum Gasteiger partial charge on any atom is -0.208 e. The molecule has 3 nitrogen and oxygen atoms in total. The second-order valence-corrected chi connectivity index (χ2v) is 7.73. The summed E-state index contributed by atoms with van der Waals surface area (Å²) >= 11 is 3.36. The van der Waals surface area contributed by atoms with E-state index in [0.29, 0.717) is 10.8 Å². The van der Waals surface area contributed by atoms with E-state index in [4.69, 9.17) is 0 Å². The van der Waals surface area contributed by atoms with E-state index < -0.39 is 10.0 Å². The first kappa shape index (κ1) is 16.0. The molecule has 2 unspecified atom stereocenters. The third kappa shape index (κ3) is 3.83. The Balaban J connectivity index is 2.12. The molecule has 0 aromatic heterocycles. The summed E-state index contributed by atoms with van der Waals surface area (Å²) in [5.41, 5.74) is 1.08. The van der Waals surface area contributed by atoms with Gasteiger partial charge in [-0.3, -0.25) is 0 Å². The molecule has 2 rings (SSSR count). The lowest BCUT2D eigenvalue weighted by molar-refractivity contribution is 0.282. The minimum absolute atomic E-state index is 0.0922. The van der Waals surface area contributed by atoms with Gasteiger partial charge in [0.1, 0.15) is 0 Å². The molecule has 1 aliphatic rings. The highest BCUT2D eigenvalue weighted by molar-refractivity contribution is 9.08. The van der Waals surface area contributed by atoms with E-state index in [9.17, 15) is 8.42 Å². The molecule has 2 atom stereocenters. The molecule has 1 aliphatic carbocycles. The van der Waals surface area contributed by atoms with Gasteiger partial charge in [-0.1, -0.05) is 54.2 Å². The van der Waals surface area contributed by atoms with Crippen LogP contribution in [0.3, 0.4) is 0 Å². The summed E-state index contributed by atoms with van der Waals surface area (Å²) in [5.74, 6) is 0.473. The number of rotatable bonds is 5. The molecule has 0 aliphatic heterocycles. The molecule has 1 saturated carbocycles. The number of sulfonamides is 1. The van der Waals surface area contributed by atoms with Crippen molar-refractivity contribution in [3.05, 3.63) is 29.8 Å². The first-order chi connectivity index (χ1) is 9.56. The van der Waals surface area contributed by atoms with Crippen LogP contribution < -0.4 is 4.72 Å². The molecule has 1 aromatic rings. The third-order valence-electron chi connectivity index (χ3n) is 4.13. The van der Waals surface area contributed by atoms with Crippen molar-refractivity contribution < 1.29 is 8.42 Å². The van der Waals surface area contributed by atoms with Crippen LogP contribution in [0.2, 0.25) is 0 Å². The number of nitrogens with one attached hydrogen (secondary N) is 1. The van der Waals surface area contributed by atoms with Gasteiger partial charge in [0.15, 0.2) is 0 Å². The molecule has 1 fully saturated rings. The lowest BCUT2D eigenvalue weighted by Crippen LogP contribution is -2.41. The van der Waals surface area contributed by atoms with Crippen LogP contribution in [0.25, 0.3) is 0 Å². The number of hydrogen-bond acceptors (Lipinski definition) is 2. The first-order valence-corrected chi connectivity index (χ1v) is 9.84. The molecule has 1 aromatic carbocycles. The molecule has 0 saturated heterocycles. The predicted octanol–water partition coefficient (Wildman–Crippen LogP) is 3.83. The van der Waals surface area contributed by atoms with Gasteiger partial charge in [0.25, 0.3) is 0 Å². The molecule has 0 heterocycles. The van der Waals surface area contributed by atoms with Crippen molar-refractivity contribution in [2.24, 2.45) is 5.92 Å². The summed E-state index contributed by atoms with van der Waals surface area (Å²) in [6.45, 7) is 2.14. The van der Waals surface area contributed by atoms with E-state index in [-0.39, 0.29) is 6.04 Å². The Labute approximate surface area is 130 Å². The van der Waals surface area contributed by atoms with Gasteiger partial charge >= 0.3 is 0 Å². The van der Waals surface area contributed by atoms with Gasteiger partial charge in [-0.2, -0.15) is 0 Å². The van der Waals surface area contributed by atoms with Crippen molar-refractivity contribution in [1.29, 1.82) is 0 Å². The Kier molecular flexibility index (Phi) is 5.64. The zero-order valence-corrected chi connectivity index (χ0v) is 14.2. The standard InChI is InChI=1S/C15H22BrNO2S/c1-2-13-5-3-4-6-15(13)17-20(18,19)14-9-7-12(11-16)8-10-14/h7-10,13,15,17H,2-6,11H2,1H3. The Bertz CT molecular complexity index is 527. The fourth-order valence-corrected chi connectivity index (χ4v) is 4.59. The number of alkyl halides is 1. The summed E-state index contributed by atoms with van der Waals surface area (Å²) < 4.78 is 27.8. The highest BCUT2D eigenvalue weighted by Crippen LogP contribution is 2.28. The van der Waals surface area contributed by atoms with Crippen molar-refractivity contribution in [3.63, 3.8) is 0 Å². The van der Waals surface area contributed by atoms with E-state index in [1.165, 1.54) is 6.42 Å². The maximum absolute atomic E-state index is 12.4. The van der Waals surface area contributed by atoms with Crippen molar-refractivity contribution in [3.8, 4) is 0 Å². The number of hydrogen-bond donors (Lipinski definition) is 1. The predicted molar refractivity (Wildman–Crippen MR) is 85.4 cm³/mol. The normalized spacial score (nSPS) is 23.7. The molecule has 0 bridgehead atoms. The van der Waals surface area contributed by atoms with Gasteiger partial charge in [0, 0.05) is 11.4 Å². The molecule has 0 spiro atoms. The largest absolute Gasteiger partial charge is 0.240 e. The summed E-state index contributed by atoms with van der Waals surface area (Å²) in [5, 5.41) is 0.737. The highest BCUT2D eigenvalue weighted by atomic mass is 79.9. The molecule has 0 radical (unpaired) electrons. The summed E-state index contributed by atoms with van der Waals surface area (Å²) in [6, 6.07) is 7.16. The van der Waals surface area contributed by atoms with E-state index in [1.807, 2.05) is 12.1 Å². The van der Waals surface area contributed by atoms with Gasteiger partial charge in [0.05, 0.1) is 4.90 Å². The quantitative estimate of drug-likeness (QED) is 0.812. The minimum atomic E-state index is -3.39. The van der Waals surface area contributed by atoms with Crippen LogP contribution in [0, 0.1) is 5.92 Å². The molecular formula is C15H22BrNO2S. The van der Waals surface area contributed by atoms with Crippen molar-refractivity contribution >= 4 is 26.0 Å². The number of benzene rings is 1. The lowest BCUT2D eigenvalue weighted by Gasteiger charge is -2.31. The topological polar surface area (TPSA) is 46.2 Å². The molecule has 5 heteroatoms. The van der Waals surface area contributed by atoms with Crippen molar-refractivity contribution in [2.45, 2.75) is 55.3 Å². The van der Waals surface area contributed by atoms with Crippen LogP contribution in [0.5, 0.6) is 0 Å². The van der Waals surface area contributed by atoms with Crippen LogP contribution in [0.1, 0.15) is 44.6 Å².